The highest BCUT2D eigenvalue weighted by Crippen LogP contribution is 2.47. The van der Waals surface area contributed by atoms with Crippen LogP contribution in [0.1, 0.15) is 59.8 Å². The summed E-state index contributed by atoms with van der Waals surface area (Å²) in [5.74, 6) is 4.44. The minimum Gasteiger partial charge on any atom is -0.299 e. The van der Waals surface area contributed by atoms with E-state index in [1.807, 2.05) is 0 Å². The average molecular weight is 262 g/mol. The monoisotopic (exact) mass is 262 g/mol. The lowest BCUT2D eigenvalue weighted by Crippen LogP contribution is -2.29. The van der Waals surface area contributed by atoms with Crippen LogP contribution >= 0.6 is 0 Å². The molecule has 2 rings (SSSR count). The van der Waals surface area contributed by atoms with Crippen LogP contribution in [-0.2, 0) is 4.79 Å². The Balaban J connectivity index is 1.96. The highest BCUT2D eigenvalue weighted by molar-refractivity contribution is 5.82. The normalized spacial score (nSPS) is 34.8. The second kappa shape index (κ2) is 6.24. The Bertz CT molecular complexity index is 342. The number of rotatable bonds is 4. The van der Waals surface area contributed by atoms with E-state index in [0.29, 0.717) is 29.5 Å². The quantitative estimate of drug-likeness (QED) is 0.661. The molecule has 1 nitrogen and oxygen atoms in total. The molecule has 0 saturated heterocycles. The molecule has 0 amide bonds. The standard InChI is InChI=1S/C18H30O/c1-12(2)13(3)8-9-14(4)15-10-11-17-16(15)6-5-7-18(17)19/h8-9,12-17H,5-7,10-11H2,1-4H3/t13-,14+,15+,16+,17+/m0/s1. The van der Waals surface area contributed by atoms with Crippen molar-refractivity contribution in [2.75, 3.05) is 0 Å². The molecule has 0 unspecified atom stereocenters. The smallest absolute Gasteiger partial charge is 0.136 e. The van der Waals surface area contributed by atoms with Crippen molar-refractivity contribution in [1.29, 1.82) is 0 Å². The van der Waals surface area contributed by atoms with Gasteiger partial charge >= 0.3 is 0 Å². The molecule has 0 heterocycles. The van der Waals surface area contributed by atoms with Crippen LogP contribution in [0.25, 0.3) is 0 Å². The highest BCUT2D eigenvalue weighted by atomic mass is 16.1. The summed E-state index contributed by atoms with van der Waals surface area (Å²) in [6, 6.07) is 0. The van der Waals surface area contributed by atoms with Gasteiger partial charge in [0.1, 0.15) is 5.78 Å². The maximum atomic E-state index is 12.0. The Morgan fingerprint density at radius 2 is 1.79 bits per heavy atom. The zero-order valence-electron chi connectivity index (χ0n) is 13.1. The third-order valence-electron chi connectivity index (χ3n) is 5.70. The van der Waals surface area contributed by atoms with Gasteiger partial charge in [0.25, 0.3) is 0 Å². The highest BCUT2D eigenvalue weighted by Gasteiger charge is 2.42. The van der Waals surface area contributed by atoms with Gasteiger partial charge in [0.05, 0.1) is 0 Å². The van der Waals surface area contributed by atoms with Crippen molar-refractivity contribution >= 4 is 5.78 Å². The molecule has 2 aliphatic rings. The summed E-state index contributed by atoms with van der Waals surface area (Å²) in [6.07, 6.45) is 10.5. The Morgan fingerprint density at radius 1 is 1.05 bits per heavy atom. The lowest BCUT2D eigenvalue weighted by Gasteiger charge is -2.30. The minimum atomic E-state index is 0.414. The number of allylic oxidation sites excluding steroid dienone is 2. The second-order valence-electron chi connectivity index (χ2n) is 7.22. The molecule has 0 aromatic rings. The molecule has 0 bridgehead atoms. The van der Waals surface area contributed by atoms with E-state index in [-0.39, 0.29) is 0 Å². The van der Waals surface area contributed by atoms with Crippen molar-refractivity contribution in [2.24, 2.45) is 35.5 Å². The number of fused-ring (bicyclic) bond motifs is 1. The fourth-order valence-corrected chi connectivity index (χ4v) is 3.98. The Kier molecular flexibility index (Phi) is 4.86. The van der Waals surface area contributed by atoms with Gasteiger partial charge in [-0.1, -0.05) is 39.8 Å². The SMILES string of the molecule is CC(C)[C@@H](C)C=C[C@@H](C)[C@H]1CC[C@H]2C(=O)CCC[C@H]12. The van der Waals surface area contributed by atoms with Gasteiger partial charge in [0.2, 0.25) is 0 Å². The fourth-order valence-electron chi connectivity index (χ4n) is 3.98. The van der Waals surface area contributed by atoms with Crippen LogP contribution in [0.3, 0.4) is 0 Å². The first-order valence-corrected chi connectivity index (χ1v) is 8.21. The number of hydrogen-bond donors (Lipinski definition) is 0. The zero-order chi connectivity index (χ0) is 14.0. The number of carbonyl (C=O) groups is 1. The van der Waals surface area contributed by atoms with Gasteiger partial charge in [0, 0.05) is 12.3 Å². The van der Waals surface area contributed by atoms with Gasteiger partial charge < -0.3 is 0 Å². The van der Waals surface area contributed by atoms with Crippen molar-refractivity contribution in [3.63, 3.8) is 0 Å². The van der Waals surface area contributed by atoms with E-state index < -0.39 is 0 Å². The molecule has 0 spiro atoms. The molecule has 2 fully saturated rings. The number of carbonyl (C=O) groups excluding carboxylic acids is 1. The predicted octanol–water partition coefficient (Wildman–Crippen LogP) is 4.87. The topological polar surface area (TPSA) is 17.1 Å². The average Bonchev–Trinajstić information content (AvgIpc) is 2.80. The van der Waals surface area contributed by atoms with E-state index in [9.17, 15) is 4.79 Å². The lowest BCUT2D eigenvalue weighted by molar-refractivity contribution is -0.126. The molecule has 108 valence electrons. The van der Waals surface area contributed by atoms with Gasteiger partial charge in [-0.3, -0.25) is 4.79 Å². The summed E-state index contributed by atoms with van der Waals surface area (Å²) < 4.78 is 0. The van der Waals surface area contributed by atoms with Gasteiger partial charge in [-0.15, -0.1) is 0 Å². The summed E-state index contributed by atoms with van der Waals surface area (Å²) >= 11 is 0. The van der Waals surface area contributed by atoms with E-state index in [4.69, 9.17) is 0 Å². The van der Waals surface area contributed by atoms with Gasteiger partial charge in [-0.2, -0.15) is 0 Å². The molecular formula is C18H30O. The Hall–Kier alpha value is -0.590. The number of ketones is 1. The largest absolute Gasteiger partial charge is 0.299 e. The third-order valence-corrected chi connectivity index (χ3v) is 5.70. The molecule has 1 heteroatoms. The minimum absolute atomic E-state index is 0.414. The molecule has 2 aliphatic carbocycles. The second-order valence-corrected chi connectivity index (χ2v) is 7.22. The first-order valence-electron chi connectivity index (χ1n) is 8.21. The third kappa shape index (κ3) is 3.30. The van der Waals surface area contributed by atoms with E-state index >= 15 is 0 Å². The van der Waals surface area contributed by atoms with E-state index in [1.165, 1.54) is 12.8 Å². The molecule has 2 saturated carbocycles. The van der Waals surface area contributed by atoms with Crippen LogP contribution in [0, 0.1) is 35.5 Å². The molecule has 0 N–H and O–H groups in total. The molecule has 0 aromatic heterocycles. The summed E-state index contributed by atoms with van der Waals surface area (Å²) in [7, 11) is 0. The Labute approximate surface area is 118 Å². The van der Waals surface area contributed by atoms with Crippen molar-refractivity contribution < 1.29 is 4.79 Å². The molecule has 19 heavy (non-hydrogen) atoms. The molecule has 0 radical (unpaired) electrons. The summed E-state index contributed by atoms with van der Waals surface area (Å²) in [4.78, 5) is 12.0. The van der Waals surface area contributed by atoms with Crippen LogP contribution in [0.4, 0.5) is 0 Å². The van der Waals surface area contributed by atoms with Gasteiger partial charge in [0.15, 0.2) is 0 Å². The Morgan fingerprint density at radius 3 is 2.47 bits per heavy atom. The van der Waals surface area contributed by atoms with Crippen LogP contribution in [-0.4, -0.2) is 5.78 Å². The summed E-state index contributed by atoms with van der Waals surface area (Å²) in [5, 5.41) is 0. The first kappa shape index (κ1) is 14.8. The van der Waals surface area contributed by atoms with Crippen LogP contribution in [0.2, 0.25) is 0 Å². The van der Waals surface area contributed by atoms with Crippen molar-refractivity contribution in [1.82, 2.24) is 0 Å². The molecule has 5 atom stereocenters. The van der Waals surface area contributed by atoms with E-state index in [1.54, 1.807) is 0 Å². The zero-order valence-corrected chi connectivity index (χ0v) is 13.1. The van der Waals surface area contributed by atoms with Gasteiger partial charge in [-0.25, -0.2) is 0 Å². The van der Waals surface area contributed by atoms with Crippen molar-refractivity contribution in [3.8, 4) is 0 Å². The predicted molar refractivity (Wildman–Crippen MR) is 80.9 cm³/mol. The summed E-state index contributed by atoms with van der Waals surface area (Å²) in [5.41, 5.74) is 0. The van der Waals surface area contributed by atoms with Crippen molar-refractivity contribution in [2.45, 2.75) is 59.8 Å². The van der Waals surface area contributed by atoms with E-state index in [2.05, 4.69) is 39.8 Å². The van der Waals surface area contributed by atoms with Crippen LogP contribution in [0.15, 0.2) is 12.2 Å². The molecular weight excluding hydrogens is 232 g/mol. The maximum absolute atomic E-state index is 12.0. The van der Waals surface area contributed by atoms with Crippen LogP contribution < -0.4 is 0 Å². The first-order chi connectivity index (χ1) is 9.00. The molecule has 0 aromatic carbocycles. The molecule has 0 aliphatic heterocycles. The number of hydrogen-bond acceptors (Lipinski definition) is 1. The van der Waals surface area contributed by atoms with Crippen molar-refractivity contribution in [3.05, 3.63) is 12.2 Å². The van der Waals surface area contributed by atoms with Gasteiger partial charge in [-0.05, 0) is 55.3 Å². The lowest BCUT2D eigenvalue weighted by atomic mass is 9.73. The van der Waals surface area contributed by atoms with Crippen LogP contribution in [0.5, 0.6) is 0 Å². The summed E-state index contributed by atoms with van der Waals surface area (Å²) in [6.45, 7) is 9.22. The number of Topliss-reactive ketones (excluding diaryl/α,β-unsaturated/α-hetero) is 1. The van der Waals surface area contributed by atoms with E-state index in [0.717, 1.165) is 31.1 Å². The fraction of sp³-hybridized carbons (Fsp3) is 0.833. The maximum Gasteiger partial charge on any atom is 0.136 e.